The molecule has 1 atom stereocenters. The molecule has 0 rings (SSSR count). The number of carboxylic acids is 1. The Labute approximate surface area is 67.2 Å². The Bertz CT molecular complexity index is 159. The number of hydrogen-bond donors (Lipinski definition) is 1. The highest BCUT2D eigenvalue weighted by Crippen LogP contribution is 2.09. The van der Waals surface area contributed by atoms with Crippen LogP contribution in [-0.2, 0) is 4.79 Å². The molecule has 0 aromatic carbocycles. The van der Waals surface area contributed by atoms with Crippen molar-refractivity contribution in [2.24, 2.45) is 5.92 Å². The molecule has 62 valence electrons. The predicted octanol–water partition coefficient (Wildman–Crippen LogP) is 2.23. The summed E-state index contributed by atoms with van der Waals surface area (Å²) in [4.78, 5) is 10.3. The van der Waals surface area contributed by atoms with Crippen LogP contribution in [0.3, 0.4) is 0 Å². The summed E-state index contributed by atoms with van der Waals surface area (Å²) >= 11 is 0. The van der Waals surface area contributed by atoms with Crippen molar-refractivity contribution in [3.63, 3.8) is 0 Å². The molecule has 0 bridgehead atoms. The van der Waals surface area contributed by atoms with Crippen LogP contribution in [0.4, 0.5) is 0 Å². The summed E-state index contributed by atoms with van der Waals surface area (Å²) in [6, 6.07) is 0. The molecule has 0 spiro atoms. The Hall–Kier alpha value is -1.05. The standard InChI is InChI=1S/C9H14O2/c1-3-5-6-8(4-2)7-9(10)11/h3-5,8H,2,6-7H2,1H3,(H,10,11). The van der Waals surface area contributed by atoms with Gasteiger partial charge in [0.05, 0.1) is 6.42 Å². The van der Waals surface area contributed by atoms with E-state index in [1.807, 2.05) is 19.1 Å². The van der Waals surface area contributed by atoms with E-state index in [1.54, 1.807) is 6.08 Å². The summed E-state index contributed by atoms with van der Waals surface area (Å²) in [5.74, 6) is -0.692. The van der Waals surface area contributed by atoms with Crippen molar-refractivity contribution >= 4 is 5.97 Å². The number of allylic oxidation sites excluding steroid dienone is 3. The van der Waals surface area contributed by atoms with Gasteiger partial charge in [0.15, 0.2) is 0 Å². The molecule has 1 N–H and O–H groups in total. The lowest BCUT2D eigenvalue weighted by Gasteiger charge is -2.04. The topological polar surface area (TPSA) is 37.3 Å². The summed E-state index contributed by atoms with van der Waals surface area (Å²) in [6.45, 7) is 5.49. The molecular weight excluding hydrogens is 140 g/mol. The highest BCUT2D eigenvalue weighted by atomic mass is 16.4. The van der Waals surface area contributed by atoms with Gasteiger partial charge in [0.25, 0.3) is 0 Å². The van der Waals surface area contributed by atoms with Gasteiger partial charge in [-0.1, -0.05) is 18.2 Å². The summed E-state index contributed by atoms with van der Waals surface area (Å²) < 4.78 is 0. The van der Waals surface area contributed by atoms with Crippen LogP contribution >= 0.6 is 0 Å². The van der Waals surface area contributed by atoms with Crippen molar-refractivity contribution in [3.8, 4) is 0 Å². The van der Waals surface area contributed by atoms with Crippen LogP contribution in [0.5, 0.6) is 0 Å². The van der Waals surface area contributed by atoms with E-state index in [0.29, 0.717) is 0 Å². The summed E-state index contributed by atoms with van der Waals surface area (Å²) in [5, 5.41) is 8.44. The molecule has 0 aromatic rings. The second-order valence-corrected chi connectivity index (χ2v) is 2.40. The van der Waals surface area contributed by atoms with Crippen LogP contribution < -0.4 is 0 Å². The molecule has 0 amide bonds. The maximum atomic E-state index is 10.3. The zero-order chi connectivity index (χ0) is 8.69. The molecule has 0 aromatic heterocycles. The van der Waals surface area contributed by atoms with E-state index >= 15 is 0 Å². The smallest absolute Gasteiger partial charge is 0.303 e. The van der Waals surface area contributed by atoms with Gasteiger partial charge in [0, 0.05) is 0 Å². The molecule has 0 saturated heterocycles. The summed E-state index contributed by atoms with van der Waals surface area (Å²) in [5.41, 5.74) is 0. The molecule has 0 fully saturated rings. The first-order valence-electron chi connectivity index (χ1n) is 3.66. The fourth-order valence-corrected chi connectivity index (χ4v) is 0.798. The average molecular weight is 154 g/mol. The highest BCUT2D eigenvalue weighted by molar-refractivity contribution is 5.67. The first-order valence-corrected chi connectivity index (χ1v) is 3.66. The second-order valence-electron chi connectivity index (χ2n) is 2.40. The van der Waals surface area contributed by atoms with Crippen molar-refractivity contribution in [1.29, 1.82) is 0 Å². The van der Waals surface area contributed by atoms with Gasteiger partial charge in [-0.2, -0.15) is 0 Å². The zero-order valence-corrected chi connectivity index (χ0v) is 6.79. The van der Waals surface area contributed by atoms with Gasteiger partial charge in [-0.3, -0.25) is 4.79 Å². The number of rotatable bonds is 5. The molecule has 2 heteroatoms. The monoisotopic (exact) mass is 154 g/mol. The van der Waals surface area contributed by atoms with E-state index < -0.39 is 5.97 Å². The van der Waals surface area contributed by atoms with Gasteiger partial charge in [-0.15, -0.1) is 6.58 Å². The minimum atomic E-state index is -0.764. The highest BCUT2D eigenvalue weighted by Gasteiger charge is 2.06. The number of hydrogen-bond acceptors (Lipinski definition) is 1. The van der Waals surface area contributed by atoms with Crippen molar-refractivity contribution in [1.82, 2.24) is 0 Å². The number of aliphatic carboxylic acids is 1. The third-order valence-corrected chi connectivity index (χ3v) is 1.44. The maximum absolute atomic E-state index is 10.3. The van der Waals surface area contributed by atoms with E-state index in [1.165, 1.54) is 0 Å². The molecule has 0 saturated carbocycles. The maximum Gasteiger partial charge on any atom is 0.303 e. The SMILES string of the molecule is C=CC(CC=CC)CC(=O)O. The van der Waals surface area contributed by atoms with Crippen LogP contribution in [0.15, 0.2) is 24.8 Å². The Morgan fingerprint density at radius 3 is 2.73 bits per heavy atom. The van der Waals surface area contributed by atoms with Crippen LogP contribution in [0.2, 0.25) is 0 Å². The van der Waals surface area contributed by atoms with E-state index in [9.17, 15) is 4.79 Å². The Kier molecular flexibility index (Phi) is 5.17. The molecule has 0 heterocycles. The Morgan fingerprint density at radius 2 is 2.36 bits per heavy atom. The minimum absolute atomic E-state index is 0.0729. The molecule has 0 aliphatic rings. The Morgan fingerprint density at radius 1 is 1.73 bits per heavy atom. The third-order valence-electron chi connectivity index (χ3n) is 1.44. The number of carbonyl (C=O) groups is 1. The van der Waals surface area contributed by atoms with Gasteiger partial charge in [-0.25, -0.2) is 0 Å². The molecule has 2 nitrogen and oxygen atoms in total. The first kappa shape index (κ1) is 9.95. The number of carboxylic acid groups (broad SMARTS) is 1. The average Bonchev–Trinajstić information content (AvgIpc) is 1.97. The summed E-state index contributed by atoms with van der Waals surface area (Å²) in [6.07, 6.45) is 6.50. The van der Waals surface area contributed by atoms with Crippen molar-refractivity contribution < 1.29 is 9.90 Å². The van der Waals surface area contributed by atoms with Gasteiger partial charge < -0.3 is 5.11 Å². The first-order chi connectivity index (χ1) is 5.20. The van der Waals surface area contributed by atoms with Gasteiger partial charge >= 0.3 is 5.97 Å². The van der Waals surface area contributed by atoms with E-state index in [-0.39, 0.29) is 12.3 Å². The van der Waals surface area contributed by atoms with Crippen LogP contribution in [0, 0.1) is 5.92 Å². The predicted molar refractivity (Wildman–Crippen MR) is 45.4 cm³/mol. The zero-order valence-electron chi connectivity index (χ0n) is 6.79. The lowest BCUT2D eigenvalue weighted by molar-refractivity contribution is -0.137. The van der Waals surface area contributed by atoms with Crippen LogP contribution in [-0.4, -0.2) is 11.1 Å². The van der Waals surface area contributed by atoms with Crippen LogP contribution in [0.25, 0.3) is 0 Å². The Balaban J connectivity index is 3.75. The molecule has 0 aliphatic heterocycles. The van der Waals surface area contributed by atoms with Gasteiger partial charge in [0.1, 0.15) is 0 Å². The quantitative estimate of drug-likeness (QED) is 0.616. The minimum Gasteiger partial charge on any atom is -0.481 e. The van der Waals surface area contributed by atoms with Crippen LogP contribution in [0.1, 0.15) is 19.8 Å². The molecule has 0 aliphatic carbocycles. The molecule has 1 unspecified atom stereocenters. The lowest BCUT2D eigenvalue weighted by atomic mass is 10.0. The second kappa shape index (κ2) is 5.71. The normalized spacial score (nSPS) is 13.2. The van der Waals surface area contributed by atoms with Gasteiger partial charge in [-0.05, 0) is 19.3 Å². The summed E-state index contributed by atoms with van der Waals surface area (Å²) in [7, 11) is 0. The van der Waals surface area contributed by atoms with Crippen molar-refractivity contribution in [2.45, 2.75) is 19.8 Å². The molecule has 11 heavy (non-hydrogen) atoms. The van der Waals surface area contributed by atoms with Crippen molar-refractivity contribution in [2.75, 3.05) is 0 Å². The van der Waals surface area contributed by atoms with E-state index in [4.69, 9.17) is 5.11 Å². The lowest BCUT2D eigenvalue weighted by Crippen LogP contribution is -2.03. The van der Waals surface area contributed by atoms with E-state index in [2.05, 4.69) is 6.58 Å². The fraction of sp³-hybridized carbons (Fsp3) is 0.444. The molecule has 0 radical (unpaired) electrons. The van der Waals surface area contributed by atoms with Crippen molar-refractivity contribution in [3.05, 3.63) is 24.8 Å². The largest absolute Gasteiger partial charge is 0.481 e. The van der Waals surface area contributed by atoms with Gasteiger partial charge in [0.2, 0.25) is 0 Å². The third kappa shape index (κ3) is 5.40. The fourth-order valence-electron chi connectivity index (χ4n) is 0.798. The molecular formula is C9H14O2. The van der Waals surface area contributed by atoms with E-state index in [0.717, 1.165) is 6.42 Å².